The van der Waals surface area contributed by atoms with Crippen molar-refractivity contribution in [2.45, 2.75) is 13.3 Å². The van der Waals surface area contributed by atoms with Crippen LogP contribution in [0.4, 0.5) is 0 Å². The number of nitrogens with one attached hydrogen (secondary N) is 1. The number of aromatic amines is 1. The van der Waals surface area contributed by atoms with Gasteiger partial charge in [-0.25, -0.2) is 0 Å². The zero-order valence-electron chi connectivity index (χ0n) is 11.5. The predicted molar refractivity (Wildman–Crippen MR) is 83.9 cm³/mol. The van der Waals surface area contributed by atoms with Crippen molar-refractivity contribution in [1.82, 2.24) is 4.98 Å². The quantitative estimate of drug-likeness (QED) is 0.662. The molecule has 0 aliphatic heterocycles. The van der Waals surface area contributed by atoms with E-state index in [1.807, 2.05) is 25.1 Å². The molecule has 0 spiro atoms. The number of aromatic hydroxyl groups is 1. The number of benzene rings is 2. The van der Waals surface area contributed by atoms with Crippen LogP contribution in [0.25, 0.3) is 22.2 Å². The zero-order chi connectivity index (χ0) is 14.1. The van der Waals surface area contributed by atoms with Crippen molar-refractivity contribution < 1.29 is 5.11 Å². The van der Waals surface area contributed by atoms with Crippen LogP contribution in [-0.4, -0.2) is 10.1 Å². The van der Waals surface area contributed by atoms with E-state index in [0.29, 0.717) is 0 Å². The first kappa shape index (κ1) is 12.5. The lowest BCUT2D eigenvalue weighted by molar-refractivity contribution is 0.475. The Morgan fingerprint density at radius 1 is 1.10 bits per heavy atom. The van der Waals surface area contributed by atoms with E-state index in [9.17, 15) is 5.11 Å². The normalized spacial score (nSPS) is 10.8. The molecule has 0 fully saturated rings. The Kier molecular flexibility index (Phi) is 3.07. The van der Waals surface area contributed by atoms with Gasteiger partial charge in [0.2, 0.25) is 0 Å². The fraction of sp³-hybridized carbons (Fsp3) is 0.111. The summed E-state index contributed by atoms with van der Waals surface area (Å²) in [5, 5.41) is 10.7. The van der Waals surface area contributed by atoms with Gasteiger partial charge in [0.25, 0.3) is 0 Å². The molecule has 3 aromatic rings. The molecule has 0 saturated carbocycles. The lowest BCUT2D eigenvalue weighted by Crippen LogP contribution is -1.88. The van der Waals surface area contributed by atoms with E-state index in [1.165, 1.54) is 10.9 Å². The van der Waals surface area contributed by atoms with Crippen LogP contribution in [0.3, 0.4) is 0 Å². The average Bonchev–Trinajstić information content (AvgIpc) is 2.78. The lowest BCUT2D eigenvalue weighted by Gasteiger charge is -2.05. The maximum absolute atomic E-state index is 9.43. The third-order valence-electron chi connectivity index (χ3n) is 3.45. The summed E-state index contributed by atoms with van der Waals surface area (Å²) in [7, 11) is 0. The molecule has 20 heavy (non-hydrogen) atoms. The minimum atomic E-state index is 0.284. The molecule has 100 valence electrons. The van der Waals surface area contributed by atoms with E-state index in [-0.39, 0.29) is 5.75 Å². The molecule has 0 saturated heterocycles. The van der Waals surface area contributed by atoms with Gasteiger partial charge in [0.1, 0.15) is 5.75 Å². The van der Waals surface area contributed by atoms with Crippen LogP contribution in [0.15, 0.2) is 60.7 Å². The predicted octanol–water partition coefficient (Wildman–Crippen LogP) is 4.66. The van der Waals surface area contributed by atoms with Crippen LogP contribution in [0.2, 0.25) is 0 Å². The van der Waals surface area contributed by atoms with E-state index in [4.69, 9.17) is 0 Å². The molecule has 0 amide bonds. The molecule has 2 aromatic carbocycles. The Hall–Kier alpha value is -2.48. The standard InChI is InChI=1S/C18H17NO/c1-12(2)11-16-15-5-3-4-6-17(15)19-18(16)13-7-9-14(20)10-8-13/h3-10,19-20H,1,11H2,2H3. The number of hydrogen-bond donors (Lipinski definition) is 2. The van der Waals surface area contributed by atoms with Gasteiger partial charge in [-0.1, -0.05) is 30.4 Å². The summed E-state index contributed by atoms with van der Waals surface area (Å²) in [6, 6.07) is 15.6. The van der Waals surface area contributed by atoms with Gasteiger partial charge in [0.15, 0.2) is 0 Å². The first-order valence-electron chi connectivity index (χ1n) is 6.68. The van der Waals surface area contributed by atoms with E-state index >= 15 is 0 Å². The fourth-order valence-corrected chi connectivity index (χ4v) is 2.56. The summed E-state index contributed by atoms with van der Waals surface area (Å²) < 4.78 is 0. The van der Waals surface area contributed by atoms with Gasteiger partial charge < -0.3 is 10.1 Å². The van der Waals surface area contributed by atoms with Gasteiger partial charge in [0, 0.05) is 10.9 Å². The molecule has 0 aliphatic carbocycles. The minimum Gasteiger partial charge on any atom is -0.508 e. The second-order valence-corrected chi connectivity index (χ2v) is 5.20. The number of phenols is 1. The van der Waals surface area contributed by atoms with Gasteiger partial charge in [-0.05, 0) is 54.8 Å². The second-order valence-electron chi connectivity index (χ2n) is 5.20. The molecular formula is C18H17NO. The first-order valence-corrected chi connectivity index (χ1v) is 6.68. The van der Waals surface area contributed by atoms with Gasteiger partial charge in [-0.3, -0.25) is 0 Å². The molecule has 1 heterocycles. The topological polar surface area (TPSA) is 36.0 Å². The summed E-state index contributed by atoms with van der Waals surface area (Å²) in [5.74, 6) is 0.284. The SMILES string of the molecule is C=C(C)Cc1c(-c2ccc(O)cc2)[nH]c2ccccc12. The molecule has 0 unspecified atom stereocenters. The number of aromatic nitrogens is 1. The molecule has 0 bridgehead atoms. The maximum atomic E-state index is 9.43. The Labute approximate surface area is 118 Å². The summed E-state index contributed by atoms with van der Waals surface area (Å²) in [4.78, 5) is 3.48. The lowest BCUT2D eigenvalue weighted by atomic mass is 10.00. The van der Waals surface area contributed by atoms with E-state index in [2.05, 4.69) is 29.8 Å². The van der Waals surface area contributed by atoms with E-state index in [1.54, 1.807) is 12.1 Å². The molecule has 0 aliphatic rings. The summed E-state index contributed by atoms with van der Waals surface area (Å²) in [6.07, 6.45) is 0.847. The highest BCUT2D eigenvalue weighted by atomic mass is 16.3. The highest BCUT2D eigenvalue weighted by molar-refractivity contribution is 5.91. The third kappa shape index (κ3) is 2.21. The number of fused-ring (bicyclic) bond motifs is 1. The molecule has 3 rings (SSSR count). The van der Waals surface area contributed by atoms with Crippen LogP contribution < -0.4 is 0 Å². The van der Waals surface area contributed by atoms with Crippen molar-refractivity contribution in [2.75, 3.05) is 0 Å². The van der Waals surface area contributed by atoms with Gasteiger partial charge >= 0.3 is 0 Å². The van der Waals surface area contributed by atoms with Crippen molar-refractivity contribution in [1.29, 1.82) is 0 Å². The Bertz CT molecular complexity index is 766. The van der Waals surface area contributed by atoms with Gasteiger partial charge in [0.05, 0.1) is 5.69 Å². The van der Waals surface area contributed by atoms with Crippen molar-refractivity contribution in [3.63, 3.8) is 0 Å². The van der Waals surface area contributed by atoms with Crippen LogP contribution in [0, 0.1) is 0 Å². The monoisotopic (exact) mass is 263 g/mol. The van der Waals surface area contributed by atoms with Crippen LogP contribution in [0.1, 0.15) is 12.5 Å². The van der Waals surface area contributed by atoms with Crippen LogP contribution in [0.5, 0.6) is 5.75 Å². The minimum absolute atomic E-state index is 0.284. The number of phenolic OH excluding ortho intramolecular Hbond substituents is 1. The highest BCUT2D eigenvalue weighted by Crippen LogP contribution is 2.32. The number of para-hydroxylation sites is 1. The van der Waals surface area contributed by atoms with Crippen molar-refractivity contribution in [2.24, 2.45) is 0 Å². The van der Waals surface area contributed by atoms with Gasteiger partial charge in [-0.2, -0.15) is 0 Å². The second kappa shape index (κ2) is 4.89. The van der Waals surface area contributed by atoms with Crippen LogP contribution in [-0.2, 0) is 6.42 Å². The third-order valence-corrected chi connectivity index (χ3v) is 3.45. The molecule has 1 aromatic heterocycles. The Morgan fingerprint density at radius 2 is 1.80 bits per heavy atom. The van der Waals surface area contributed by atoms with E-state index in [0.717, 1.165) is 28.8 Å². The molecule has 0 atom stereocenters. The average molecular weight is 263 g/mol. The number of hydrogen-bond acceptors (Lipinski definition) is 1. The largest absolute Gasteiger partial charge is 0.508 e. The fourth-order valence-electron chi connectivity index (χ4n) is 2.56. The Morgan fingerprint density at radius 3 is 2.50 bits per heavy atom. The molecule has 2 nitrogen and oxygen atoms in total. The first-order chi connectivity index (χ1) is 9.65. The van der Waals surface area contributed by atoms with E-state index < -0.39 is 0 Å². The molecule has 2 heteroatoms. The highest BCUT2D eigenvalue weighted by Gasteiger charge is 2.12. The summed E-state index contributed by atoms with van der Waals surface area (Å²) in [6.45, 7) is 6.08. The number of H-pyrrole nitrogens is 1. The Balaban J connectivity index is 2.23. The number of allylic oxidation sites excluding steroid dienone is 1. The smallest absolute Gasteiger partial charge is 0.115 e. The molecule has 0 radical (unpaired) electrons. The van der Waals surface area contributed by atoms with Crippen LogP contribution >= 0.6 is 0 Å². The van der Waals surface area contributed by atoms with Gasteiger partial charge in [-0.15, -0.1) is 0 Å². The zero-order valence-corrected chi connectivity index (χ0v) is 11.5. The summed E-state index contributed by atoms with van der Waals surface area (Å²) in [5.41, 5.74) is 5.71. The van der Waals surface area contributed by atoms with Crippen molar-refractivity contribution in [3.05, 3.63) is 66.2 Å². The summed E-state index contributed by atoms with van der Waals surface area (Å²) >= 11 is 0. The number of rotatable bonds is 3. The van der Waals surface area contributed by atoms with Crippen molar-refractivity contribution in [3.8, 4) is 17.0 Å². The van der Waals surface area contributed by atoms with Crippen molar-refractivity contribution >= 4 is 10.9 Å². The maximum Gasteiger partial charge on any atom is 0.115 e. The molecule has 2 N–H and O–H groups in total. The molecular weight excluding hydrogens is 246 g/mol.